The van der Waals surface area contributed by atoms with Gasteiger partial charge in [0.25, 0.3) is 0 Å². The van der Waals surface area contributed by atoms with Gasteiger partial charge in [-0.3, -0.25) is 0 Å². The Morgan fingerprint density at radius 1 is 0.550 bits per heavy atom. The lowest BCUT2D eigenvalue weighted by molar-refractivity contribution is 0.399. The van der Waals surface area contributed by atoms with Gasteiger partial charge in [-0.1, -0.05) is 90.4 Å². The molecule has 0 aromatic heterocycles. The summed E-state index contributed by atoms with van der Waals surface area (Å²) < 4.78 is 0. The SMILES string of the molecule is Br.CCCCCCCCCCCCCCCCN.CO. The van der Waals surface area contributed by atoms with Gasteiger partial charge in [-0.05, 0) is 13.0 Å². The van der Waals surface area contributed by atoms with Gasteiger partial charge in [0.2, 0.25) is 0 Å². The molecule has 0 saturated heterocycles. The Morgan fingerprint density at radius 2 is 0.800 bits per heavy atom. The van der Waals surface area contributed by atoms with E-state index >= 15 is 0 Å². The first-order valence-electron chi connectivity index (χ1n) is 8.56. The van der Waals surface area contributed by atoms with Crippen LogP contribution in [0, 0.1) is 0 Å². The summed E-state index contributed by atoms with van der Waals surface area (Å²) in [5.41, 5.74) is 5.47. The van der Waals surface area contributed by atoms with Crippen LogP contribution in [-0.4, -0.2) is 18.8 Å². The molecular weight excluding hydrogens is 314 g/mol. The molecule has 0 aliphatic carbocycles. The van der Waals surface area contributed by atoms with Crippen molar-refractivity contribution in [2.75, 3.05) is 13.7 Å². The van der Waals surface area contributed by atoms with E-state index in [1.54, 1.807) is 0 Å². The molecule has 0 heterocycles. The second-order valence-corrected chi connectivity index (χ2v) is 5.38. The van der Waals surface area contributed by atoms with Crippen LogP contribution in [0.5, 0.6) is 0 Å². The molecule has 0 rings (SSSR count). The number of aliphatic hydroxyl groups is 1. The van der Waals surface area contributed by atoms with E-state index in [1.165, 1.54) is 89.9 Å². The van der Waals surface area contributed by atoms with Crippen LogP contribution in [0.1, 0.15) is 96.8 Å². The molecule has 0 aromatic carbocycles. The normalized spacial score (nSPS) is 9.60. The number of rotatable bonds is 14. The van der Waals surface area contributed by atoms with E-state index in [9.17, 15) is 0 Å². The molecule has 3 N–H and O–H groups in total. The Labute approximate surface area is 138 Å². The third-order valence-corrected chi connectivity index (χ3v) is 3.56. The molecule has 0 amide bonds. The first-order valence-corrected chi connectivity index (χ1v) is 8.56. The quantitative estimate of drug-likeness (QED) is 0.398. The molecule has 0 saturated carbocycles. The maximum Gasteiger partial charge on any atom is 0.0319 e. The third-order valence-electron chi connectivity index (χ3n) is 3.56. The minimum Gasteiger partial charge on any atom is -0.400 e. The fraction of sp³-hybridized carbons (Fsp3) is 1.00. The van der Waals surface area contributed by atoms with Crippen molar-refractivity contribution >= 4 is 17.0 Å². The van der Waals surface area contributed by atoms with Gasteiger partial charge in [0.05, 0.1) is 0 Å². The average molecular weight is 354 g/mol. The second-order valence-electron chi connectivity index (χ2n) is 5.38. The summed E-state index contributed by atoms with van der Waals surface area (Å²) in [6, 6.07) is 0. The van der Waals surface area contributed by atoms with Crippen LogP contribution in [-0.2, 0) is 0 Å². The van der Waals surface area contributed by atoms with Gasteiger partial charge in [-0.15, -0.1) is 17.0 Å². The first kappa shape index (κ1) is 25.4. The van der Waals surface area contributed by atoms with Crippen LogP contribution in [0.25, 0.3) is 0 Å². The summed E-state index contributed by atoms with van der Waals surface area (Å²) >= 11 is 0. The topological polar surface area (TPSA) is 46.2 Å². The molecule has 0 spiro atoms. The summed E-state index contributed by atoms with van der Waals surface area (Å²) in [7, 11) is 1.00. The van der Waals surface area contributed by atoms with Crippen LogP contribution in [0.3, 0.4) is 0 Å². The molecule has 0 aromatic rings. The Kier molecular flexibility index (Phi) is 35.1. The molecule has 0 fully saturated rings. The highest BCUT2D eigenvalue weighted by molar-refractivity contribution is 8.93. The summed E-state index contributed by atoms with van der Waals surface area (Å²) in [6.45, 7) is 3.16. The van der Waals surface area contributed by atoms with Gasteiger partial charge in [0.1, 0.15) is 0 Å². The molecule has 0 unspecified atom stereocenters. The zero-order valence-corrected chi connectivity index (χ0v) is 15.8. The molecule has 3 heteroatoms. The number of nitrogens with two attached hydrogens (primary N) is 1. The van der Waals surface area contributed by atoms with E-state index in [4.69, 9.17) is 10.8 Å². The minimum atomic E-state index is 0. The van der Waals surface area contributed by atoms with E-state index in [0.29, 0.717) is 0 Å². The second kappa shape index (κ2) is 27.7. The molecule has 20 heavy (non-hydrogen) atoms. The molecular formula is C17H40BrNO. The molecule has 2 nitrogen and oxygen atoms in total. The summed E-state index contributed by atoms with van der Waals surface area (Å²) in [5.74, 6) is 0. The first-order chi connectivity index (χ1) is 9.41. The van der Waals surface area contributed by atoms with Crippen molar-refractivity contribution in [2.45, 2.75) is 96.8 Å². The zero-order chi connectivity index (χ0) is 14.6. The largest absolute Gasteiger partial charge is 0.400 e. The predicted molar refractivity (Wildman–Crippen MR) is 97.8 cm³/mol. The molecule has 0 aliphatic heterocycles. The van der Waals surface area contributed by atoms with Gasteiger partial charge in [-0.25, -0.2) is 0 Å². The molecule has 126 valence electrons. The lowest BCUT2D eigenvalue weighted by Crippen LogP contribution is -1.97. The van der Waals surface area contributed by atoms with Gasteiger partial charge in [0, 0.05) is 7.11 Å². The monoisotopic (exact) mass is 353 g/mol. The fourth-order valence-electron chi connectivity index (χ4n) is 2.34. The standard InChI is InChI=1S/C16H35N.CH4O.BrH/c1-2-3-4-5-6-7-8-9-10-11-12-13-14-15-16-17;1-2;/h2-17H2,1H3;2H,1H3;1H. The number of aliphatic hydroxyl groups excluding tert-OH is 1. The van der Waals surface area contributed by atoms with Crippen molar-refractivity contribution in [1.29, 1.82) is 0 Å². The lowest BCUT2D eigenvalue weighted by atomic mass is 10.0. The smallest absolute Gasteiger partial charge is 0.0319 e. The number of hydrogen-bond donors (Lipinski definition) is 2. The van der Waals surface area contributed by atoms with Crippen molar-refractivity contribution in [2.24, 2.45) is 5.73 Å². The highest BCUT2D eigenvalue weighted by atomic mass is 79.9. The fourth-order valence-corrected chi connectivity index (χ4v) is 2.34. The summed E-state index contributed by atoms with van der Waals surface area (Å²) in [6.07, 6.45) is 19.9. The minimum absolute atomic E-state index is 0. The van der Waals surface area contributed by atoms with Crippen molar-refractivity contribution in [1.82, 2.24) is 0 Å². The van der Waals surface area contributed by atoms with E-state index in [1.807, 2.05) is 0 Å². The van der Waals surface area contributed by atoms with Crippen LogP contribution in [0.4, 0.5) is 0 Å². The van der Waals surface area contributed by atoms with Crippen LogP contribution < -0.4 is 5.73 Å². The Hall–Kier alpha value is 0.400. The Balaban J connectivity index is -0.000000916. The number of unbranched alkanes of at least 4 members (excludes halogenated alkanes) is 13. The molecule has 0 aliphatic rings. The zero-order valence-electron chi connectivity index (χ0n) is 14.0. The van der Waals surface area contributed by atoms with Gasteiger partial charge in [0.15, 0.2) is 0 Å². The van der Waals surface area contributed by atoms with Crippen LogP contribution >= 0.6 is 17.0 Å². The van der Waals surface area contributed by atoms with Gasteiger partial charge in [-0.2, -0.15) is 0 Å². The van der Waals surface area contributed by atoms with E-state index in [-0.39, 0.29) is 17.0 Å². The Morgan fingerprint density at radius 3 is 1.05 bits per heavy atom. The van der Waals surface area contributed by atoms with Crippen molar-refractivity contribution < 1.29 is 5.11 Å². The summed E-state index contributed by atoms with van der Waals surface area (Å²) in [5, 5.41) is 7.00. The maximum atomic E-state index is 7.00. The van der Waals surface area contributed by atoms with Crippen molar-refractivity contribution in [3.8, 4) is 0 Å². The number of hydrogen-bond acceptors (Lipinski definition) is 2. The van der Waals surface area contributed by atoms with Gasteiger partial charge >= 0.3 is 0 Å². The van der Waals surface area contributed by atoms with Crippen LogP contribution in [0.15, 0.2) is 0 Å². The van der Waals surface area contributed by atoms with Gasteiger partial charge < -0.3 is 10.8 Å². The molecule has 0 bridgehead atoms. The molecule has 0 atom stereocenters. The third kappa shape index (κ3) is 26.9. The molecule has 0 radical (unpaired) electrons. The maximum absolute atomic E-state index is 7.00. The highest BCUT2D eigenvalue weighted by Gasteiger charge is 1.93. The average Bonchev–Trinajstić information content (AvgIpc) is 2.46. The van der Waals surface area contributed by atoms with Crippen molar-refractivity contribution in [3.63, 3.8) is 0 Å². The van der Waals surface area contributed by atoms with Crippen LogP contribution in [0.2, 0.25) is 0 Å². The van der Waals surface area contributed by atoms with E-state index in [2.05, 4.69) is 6.92 Å². The predicted octanol–water partition coefficient (Wildman–Crippen LogP) is 5.61. The summed E-state index contributed by atoms with van der Waals surface area (Å²) in [4.78, 5) is 0. The van der Waals surface area contributed by atoms with E-state index < -0.39 is 0 Å². The Bertz CT molecular complexity index is 120. The van der Waals surface area contributed by atoms with Crippen molar-refractivity contribution in [3.05, 3.63) is 0 Å². The number of halogens is 1. The highest BCUT2D eigenvalue weighted by Crippen LogP contribution is 2.12. The van der Waals surface area contributed by atoms with E-state index in [0.717, 1.165) is 13.7 Å². The lowest BCUT2D eigenvalue weighted by Gasteiger charge is -2.02.